The molecular formula is C19H20FN3O5S. The predicted octanol–water partition coefficient (Wildman–Crippen LogP) is 0.946. The molecule has 1 aliphatic rings. The number of carbonyl (C=O) groups is 2. The van der Waals surface area contributed by atoms with Gasteiger partial charge in [-0.25, -0.2) is 22.8 Å². The van der Waals surface area contributed by atoms with Crippen LogP contribution in [0.25, 0.3) is 0 Å². The third-order valence-electron chi connectivity index (χ3n) is 4.60. The van der Waals surface area contributed by atoms with Gasteiger partial charge in [-0.3, -0.25) is 9.59 Å². The van der Waals surface area contributed by atoms with Gasteiger partial charge in [-0.2, -0.15) is 0 Å². The number of anilines is 1. The smallest absolute Gasteiger partial charge is 0.251 e. The van der Waals surface area contributed by atoms with E-state index in [-0.39, 0.29) is 22.8 Å². The van der Waals surface area contributed by atoms with Gasteiger partial charge in [0.25, 0.3) is 5.91 Å². The Labute approximate surface area is 167 Å². The highest BCUT2D eigenvalue weighted by Gasteiger charge is 2.39. The van der Waals surface area contributed by atoms with Crippen molar-refractivity contribution in [2.45, 2.75) is 23.8 Å². The summed E-state index contributed by atoms with van der Waals surface area (Å²) in [4.78, 5) is 25.8. The molecule has 3 N–H and O–H groups in total. The van der Waals surface area contributed by atoms with Crippen molar-refractivity contribution < 1.29 is 27.1 Å². The number of hydrogen-bond donors (Lipinski definition) is 2. The second kappa shape index (κ2) is 8.27. The monoisotopic (exact) mass is 421 g/mol. The van der Waals surface area contributed by atoms with Crippen LogP contribution in [0.1, 0.15) is 12.0 Å². The van der Waals surface area contributed by atoms with Crippen molar-refractivity contribution in [1.29, 1.82) is 0 Å². The van der Waals surface area contributed by atoms with Gasteiger partial charge in [0.2, 0.25) is 15.9 Å². The summed E-state index contributed by atoms with van der Waals surface area (Å²) >= 11 is 0. The number of nitrogens with zero attached hydrogens (tertiary/aromatic N) is 1. The first kappa shape index (κ1) is 20.9. The molecule has 2 amide bonds. The number of ether oxygens (including phenoxy) is 1. The Balaban J connectivity index is 1.61. The minimum absolute atomic E-state index is 0.0214. The number of methoxy groups -OCH3 is 1. The SMILES string of the molecule is COc1ccc(N2C(=O)CC(NCCc3ccc(S(N)(=O)=O)cc3)C2=O)cc1F. The first-order chi connectivity index (χ1) is 13.7. The zero-order chi connectivity index (χ0) is 21.2. The van der Waals surface area contributed by atoms with Gasteiger partial charge in [0.15, 0.2) is 11.6 Å². The third-order valence-corrected chi connectivity index (χ3v) is 5.53. The minimum Gasteiger partial charge on any atom is -0.494 e. The van der Waals surface area contributed by atoms with Crippen LogP contribution in [0, 0.1) is 5.82 Å². The molecule has 1 saturated heterocycles. The number of nitrogens with one attached hydrogen (secondary N) is 1. The number of carbonyl (C=O) groups excluding carboxylic acids is 2. The summed E-state index contributed by atoms with van der Waals surface area (Å²) < 4.78 is 41.3. The second-order valence-electron chi connectivity index (χ2n) is 6.54. The largest absolute Gasteiger partial charge is 0.494 e. The highest BCUT2D eigenvalue weighted by Crippen LogP contribution is 2.27. The minimum atomic E-state index is -3.74. The van der Waals surface area contributed by atoms with Crippen molar-refractivity contribution in [3.05, 3.63) is 53.8 Å². The van der Waals surface area contributed by atoms with E-state index in [2.05, 4.69) is 5.32 Å². The van der Waals surface area contributed by atoms with Gasteiger partial charge < -0.3 is 10.1 Å². The van der Waals surface area contributed by atoms with E-state index in [1.54, 1.807) is 12.1 Å². The lowest BCUT2D eigenvalue weighted by molar-refractivity contribution is -0.121. The van der Waals surface area contributed by atoms with Crippen LogP contribution in [0.5, 0.6) is 5.75 Å². The van der Waals surface area contributed by atoms with Gasteiger partial charge in [0, 0.05) is 6.07 Å². The molecule has 2 aromatic carbocycles. The topological polar surface area (TPSA) is 119 Å². The molecule has 1 aliphatic heterocycles. The molecule has 0 bridgehead atoms. The van der Waals surface area contributed by atoms with Gasteiger partial charge in [-0.1, -0.05) is 12.1 Å². The Morgan fingerprint density at radius 1 is 1.21 bits per heavy atom. The van der Waals surface area contributed by atoms with Crippen molar-refractivity contribution in [2.75, 3.05) is 18.6 Å². The summed E-state index contributed by atoms with van der Waals surface area (Å²) in [7, 11) is -2.42. The van der Waals surface area contributed by atoms with E-state index in [1.165, 1.54) is 31.4 Å². The molecule has 0 radical (unpaired) electrons. The number of imide groups is 1. The van der Waals surface area contributed by atoms with Crippen molar-refractivity contribution >= 4 is 27.5 Å². The van der Waals surface area contributed by atoms with Gasteiger partial charge in [-0.05, 0) is 42.8 Å². The van der Waals surface area contributed by atoms with Crippen molar-refractivity contribution in [2.24, 2.45) is 5.14 Å². The lowest BCUT2D eigenvalue weighted by atomic mass is 10.1. The summed E-state index contributed by atoms with van der Waals surface area (Å²) in [5.74, 6) is -1.51. The highest BCUT2D eigenvalue weighted by atomic mass is 32.2. The molecule has 8 nitrogen and oxygen atoms in total. The lowest BCUT2D eigenvalue weighted by Crippen LogP contribution is -2.39. The highest BCUT2D eigenvalue weighted by molar-refractivity contribution is 7.89. The molecule has 2 aromatic rings. The zero-order valence-corrected chi connectivity index (χ0v) is 16.4. The van der Waals surface area contributed by atoms with Crippen LogP contribution < -0.4 is 20.1 Å². The number of halogens is 1. The fourth-order valence-electron chi connectivity index (χ4n) is 3.09. The number of primary sulfonamides is 1. The molecule has 10 heteroatoms. The van der Waals surface area contributed by atoms with Crippen molar-refractivity contribution in [3.8, 4) is 5.75 Å². The Hall–Kier alpha value is -2.82. The maximum Gasteiger partial charge on any atom is 0.251 e. The van der Waals surface area contributed by atoms with Crippen LogP contribution in [0.2, 0.25) is 0 Å². The molecule has 0 aromatic heterocycles. The predicted molar refractivity (Wildman–Crippen MR) is 103 cm³/mol. The Morgan fingerprint density at radius 3 is 2.48 bits per heavy atom. The van der Waals surface area contributed by atoms with E-state index >= 15 is 0 Å². The molecule has 154 valence electrons. The van der Waals surface area contributed by atoms with Crippen LogP contribution in [-0.4, -0.2) is 39.9 Å². The molecule has 3 rings (SSSR count). The Morgan fingerprint density at radius 2 is 1.90 bits per heavy atom. The maximum atomic E-state index is 13.9. The molecule has 0 saturated carbocycles. The van der Waals surface area contributed by atoms with E-state index in [4.69, 9.17) is 9.88 Å². The van der Waals surface area contributed by atoms with Gasteiger partial charge in [-0.15, -0.1) is 0 Å². The van der Waals surface area contributed by atoms with Gasteiger partial charge >= 0.3 is 0 Å². The molecule has 1 atom stereocenters. The maximum absolute atomic E-state index is 13.9. The number of sulfonamides is 1. The van der Waals surface area contributed by atoms with E-state index in [1.807, 2.05) is 0 Å². The van der Waals surface area contributed by atoms with Crippen LogP contribution >= 0.6 is 0 Å². The fourth-order valence-corrected chi connectivity index (χ4v) is 3.61. The molecule has 0 aliphatic carbocycles. The first-order valence-corrected chi connectivity index (χ1v) is 10.3. The van der Waals surface area contributed by atoms with E-state index < -0.39 is 33.7 Å². The molecule has 29 heavy (non-hydrogen) atoms. The van der Waals surface area contributed by atoms with E-state index in [9.17, 15) is 22.4 Å². The lowest BCUT2D eigenvalue weighted by Gasteiger charge is -2.16. The first-order valence-electron chi connectivity index (χ1n) is 8.76. The molecule has 1 heterocycles. The average Bonchev–Trinajstić information content (AvgIpc) is 2.95. The third kappa shape index (κ3) is 4.61. The Kier molecular flexibility index (Phi) is 5.96. The van der Waals surface area contributed by atoms with Crippen molar-refractivity contribution in [3.63, 3.8) is 0 Å². The van der Waals surface area contributed by atoms with E-state index in [0.717, 1.165) is 16.5 Å². The molecule has 0 spiro atoms. The number of hydrogen-bond acceptors (Lipinski definition) is 6. The molecular weight excluding hydrogens is 401 g/mol. The van der Waals surface area contributed by atoms with Crippen LogP contribution in [0.4, 0.5) is 10.1 Å². The van der Waals surface area contributed by atoms with Gasteiger partial charge in [0.05, 0.1) is 30.2 Å². The normalized spacial score (nSPS) is 17.1. The number of benzene rings is 2. The van der Waals surface area contributed by atoms with Gasteiger partial charge in [0.1, 0.15) is 0 Å². The summed E-state index contributed by atoms with van der Waals surface area (Å²) in [6, 6.07) is 9.28. The summed E-state index contributed by atoms with van der Waals surface area (Å²) in [6.07, 6.45) is 0.483. The summed E-state index contributed by atoms with van der Waals surface area (Å²) in [5.41, 5.74) is 0.997. The van der Waals surface area contributed by atoms with E-state index in [0.29, 0.717) is 13.0 Å². The Bertz CT molecular complexity index is 1040. The quantitative estimate of drug-likeness (QED) is 0.643. The molecule has 1 unspecified atom stereocenters. The number of rotatable bonds is 7. The number of amides is 2. The van der Waals surface area contributed by atoms with Crippen LogP contribution in [0.3, 0.4) is 0 Å². The molecule has 1 fully saturated rings. The van der Waals surface area contributed by atoms with Crippen LogP contribution in [0.15, 0.2) is 47.4 Å². The van der Waals surface area contributed by atoms with Crippen molar-refractivity contribution in [1.82, 2.24) is 5.32 Å². The average molecular weight is 421 g/mol. The zero-order valence-electron chi connectivity index (χ0n) is 15.6. The fraction of sp³-hybridized carbons (Fsp3) is 0.263. The summed E-state index contributed by atoms with van der Waals surface area (Å²) in [5, 5.41) is 8.08. The summed E-state index contributed by atoms with van der Waals surface area (Å²) in [6.45, 7) is 0.392. The van der Waals surface area contributed by atoms with Crippen LogP contribution in [-0.2, 0) is 26.0 Å². The second-order valence-corrected chi connectivity index (χ2v) is 8.10. The standard InChI is InChI=1S/C19H20FN3O5S/c1-28-17-7-4-13(10-15(17)20)23-18(24)11-16(19(23)25)22-9-8-12-2-5-14(6-3-12)29(21,26)27/h2-7,10,16,22H,8-9,11H2,1H3,(H2,21,26,27). The number of nitrogens with two attached hydrogens (primary N) is 1.